The van der Waals surface area contributed by atoms with E-state index in [2.05, 4.69) is 27.9 Å². The van der Waals surface area contributed by atoms with E-state index in [0.717, 1.165) is 0 Å². The average molecular weight is 251 g/mol. The molecule has 13 heavy (non-hydrogen) atoms. The Hall–Kier alpha value is 0.120. The summed E-state index contributed by atoms with van der Waals surface area (Å²) in [5.41, 5.74) is 0. The van der Waals surface area contributed by atoms with Crippen LogP contribution < -0.4 is 0 Å². The Morgan fingerprint density at radius 3 is 1.23 bits per heavy atom. The van der Waals surface area contributed by atoms with Crippen LogP contribution in [0.2, 0.25) is 0 Å². The number of ether oxygens (including phenoxy) is 1. The molecule has 0 aliphatic carbocycles. The molecular weight excluding hydrogens is 249 g/mol. The Morgan fingerprint density at radius 1 is 0.846 bits per heavy atom. The molecule has 0 rings (SSSR count). The van der Waals surface area contributed by atoms with E-state index in [4.69, 9.17) is 0 Å². The average Bonchev–Trinajstić information content (AvgIpc) is 1.77. The molecule has 0 N–H and O–H groups in total. The van der Waals surface area contributed by atoms with Crippen LogP contribution in [-0.2, 0) is 4.74 Å². The van der Waals surface area contributed by atoms with Crippen LogP contribution in [0.3, 0.4) is 0 Å². The topological polar surface area (TPSA) is 9.23 Å². The molecule has 0 heterocycles. The van der Waals surface area contributed by atoms with E-state index in [1.165, 1.54) is 0 Å². The molecule has 0 fully saturated rings. The lowest BCUT2D eigenvalue weighted by molar-refractivity contribution is -0.320. The predicted octanol–water partition coefficient (Wildman–Crippen LogP) is 3.26. The molecule has 0 spiro atoms. The van der Waals surface area contributed by atoms with Crippen molar-refractivity contribution in [1.29, 1.82) is 0 Å². The van der Waals surface area contributed by atoms with Gasteiger partial charge in [0.2, 0.25) is 5.02 Å². The third-order valence-electron chi connectivity index (χ3n) is 0.834. The van der Waals surface area contributed by atoms with Gasteiger partial charge in [0.1, 0.15) is 0 Å². The van der Waals surface area contributed by atoms with Crippen molar-refractivity contribution in [2.24, 2.45) is 0 Å². The lowest BCUT2D eigenvalue weighted by atomic mass is 10.3. The summed E-state index contributed by atoms with van der Waals surface area (Å²) in [5.74, 6) is 0. The molecule has 0 aromatic heterocycles. The molecule has 9 heteroatoms. The van der Waals surface area contributed by atoms with Crippen LogP contribution in [0.15, 0.2) is 0 Å². The van der Waals surface area contributed by atoms with Crippen LogP contribution >= 0.6 is 23.2 Å². The van der Waals surface area contributed by atoms with Gasteiger partial charge in [-0.05, 0) is 0 Å². The van der Waals surface area contributed by atoms with Gasteiger partial charge in [0, 0.05) is 0 Å². The monoisotopic (exact) mass is 250 g/mol. The second kappa shape index (κ2) is 4.10. The van der Waals surface area contributed by atoms with Crippen molar-refractivity contribution in [3.63, 3.8) is 0 Å². The molecule has 0 radical (unpaired) electrons. The van der Waals surface area contributed by atoms with Crippen LogP contribution in [0.4, 0.5) is 26.3 Å². The second-order valence-electron chi connectivity index (χ2n) is 1.86. The summed E-state index contributed by atoms with van der Waals surface area (Å²) in [4.78, 5) is 0. The van der Waals surface area contributed by atoms with Gasteiger partial charge < -0.3 is 4.74 Å². The molecule has 0 saturated carbocycles. The molecule has 0 atom stereocenters. The van der Waals surface area contributed by atoms with Crippen molar-refractivity contribution in [2.45, 2.75) is 23.5 Å². The Kier molecular flexibility index (Phi) is 4.14. The van der Waals surface area contributed by atoms with Crippen molar-refractivity contribution < 1.29 is 31.1 Å². The first-order valence-electron chi connectivity index (χ1n) is 2.62. The fraction of sp³-hybridized carbons (Fsp3) is 1.00. The maximum atomic E-state index is 11.6. The van der Waals surface area contributed by atoms with Crippen LogP contribution in [0, 0.1) is 0 Å². The third kappa shape index (κ3) is 4.78. The minimum Gasteiger partial charge on any atom is -0.327 e. The van der Waals surface area contributed by atoms with E-state index < -0.39 is 23.5 Å². The molecule has 0 unspecified atom stereocenters. The normalized spacial score (nSPS) is 14.3. The van der Waals surface area contributed by atoms with E-state index in [1.54, 1.807) is 0 Å². The van der Waals surface area contributed by atoms with E-state index in [0.29, 0.717) is 0 Å². The SMILES string of the molecule is FC(F)(F)C(OC(Cl)Cl)C(F)(F)F. The number of alkyl halides is 8. The zero-order valence-electron chi connectivity index (χ0n) is 5.59. The number of halogens is 8. The third-order valence-corrected chi connectivity index (χ3v) is 1.04. The summed E-state index contributed by atoms with van der Waals surface area (Å²) in [6, 6.07) is 0. The van der Waals surface area contributed by atoms with Crippen LogP contribution in [0.1, 0.15) is 0 Å². The van der Waals surface area contributed by atoms with Gasteiger partial charge in [-0.25, -0.2) is 0 Å². The number of hydrogen-bond donors (Lipinski definition) is 0. The van der Waals surface area contributed by atoms with Crippen LogP contribution in [0.5, 0.6) is 0 Å². The van der Waals surface area contributed by atoms with Crippen molar-refractivity contribution in [1.82, 2.24) is 0 Å². The smallest absolute Gasteiger partial charge is 0.327 e. The summed E-state index contributed by atoms with van der Waals surface area (Å²) >= 11 is 9.26. The Bertz CT molecular complexity index is 149. The van der Waals surface area contributed by atoms with Crippen molar-refractivity contribution >= 4 is 23.2 Å². The van der Waals surface area contributed by atoms with Crippen molar-refractivity contribution in [3.8, 4) is 0 Å². The Morgan fingerprint density at radius 2 is 1.15 bits per heavy atom. The van der Waals surface area contributed by atoms with E-state index in [-0.39, 0.29) is 0 Å². The van der Waals surface area contributed by atoms with Gasteiger partial charge >= 0.3 is 12.4 Å². The van der Waals surface area contributed by atoms with E-state index in [9.17, 15) is 26.3 Å². The van der Waals surface area contributed by atoms with Crippen molar-refractivity contribution in [3.05, 3.63) is 0 Å². The predicted molar refractivity (Wildman–Crippen MR) is 32.5 cm³/mol. The summed E-state index contributed by atoms with van der Waals surface area (Å²) < 4.78 is 72.9. The molecule has 80 valence electrons. The quantitative estimate of drug-likeness (QED) is 0.540. The van der Waals surface area contributed by atoms with Gasteiger partial charge in [0.15, 0.2) is 0 Å². The zero-order chi connectivity index (χ0) is 10.9. The molecule has 1 nitrogen and oxygen atoms in total. The Labute approximate surface area is 78.5 Å². The molecule has 0 bridgehead atoms. The van der Waals surface area contributed by atoms with Crippen LogP contribution in [-0.4, -0.2) is 23.5 Å². The lowest BCUT2D eigenvalue weighted by Gasteiger charge is -2.23. The van der Waals surface area contributed by atoms with E-state index in [1.807, 2.05) is 0 Å². The summed E-state index contributed by atoms with van der Waals surface area (Å²) in [5, 5.41) is -2.19. The van der Waals surface area contributed by atoms with Crippen LogP contribution in [0.25, 0.3) is 0 Å². The zero-order valence-corrected chi connectivity index (χ0v) is 7.10. The fourth-order valence-electron chi connectivity index (χ4n) is 0.443. The first-order chi connectivity index (χ1) is 5.55. The van der Waals surface area contributed by atoms with Gasteiger partial charge in [0.05, 0.1) is 0 Å². The highest BCUT2D eigenvalue weighted by molar-refractivity contribution is 6.43. The molecule has 0 aromatic carbocycles. The van der Waals surface area contributed by atoms with Gasteiger partial charge in [0.25, 0.3) is 6.10 Å². The van der Waals surface area contributed by atoms with E-state index >= 15 is 0 Å². The largest absolute Gasteiger partial charge is 0.423 e. The highest BCUT2D eigenvalue weighted by atomic mass is 35.5. The minimum absolute atomic E-state index is 2.19. The van der Waals surface area contributed by atoms with Crippen molar-refractivity contribution in [2.75, 3.05) is 0 Å². The highest BCUT2D eigenvalue weighted by Crippen LogP contribution is 2.37. The molecule has 0 amide bonds. The maximum absolute atomic E-state index is 11.6. The first-order valence-corrected chi connectivity index (χ1v) is 3.49. The number of rotatable bonds is 2. The summed E-state index contributed by atoms with van der Waals surface area (Å²) in [6.07, 6.45) is -15.1. The molecule has 0 saturated heterocycles. The first kappa shape index (κ1) is 13.1. The standard InChI is InChI=1S/C4H2Cl2F6O/c5-2(6)13-1(3(7,8)9)4(10,11)12/h1-2H. The lowest BCUT2D eigenvalue weighted by Crippen LogP contribution is -2.45. The molecule has 0 aliphatic heterocycles. The maximum Gasteiger partial charge on any atom is 0.423 e. The van der Waals surface area contributed by atoms with Gasteiger partial charge in [-0.15, -0.1) is 0 Å². The highest BCUT2D eigenvalue weighted by Gasteiger charge is 2.58. The molecule has 0 aliphatic rings. The summed E-state index contributed by atoms with van der Waals surface area (Å²) in [6.45, 7) is 0. The number of hydrogen-bond acceptors (Lipinski definition) is 1. The van der Waals surface area contributed by atoms with Gasteiger partial charge in [-0.2, -0.15) is 26.3 Å². The molecular formula is C4H2Cl2F6O. The molecule has 0 aromatic rings. The second-order valence-corrected chi connectivity index (χ2v) is 2.88. The summed E-state index contributed by atoms with van der Waals surface area (Å²) in [7, 11) is 0. The Balaban J connectivity index is 4.58. The van der Waals surface area contributed by atoms with Gasteiger partial charge in [-0.3, -0.25) is 0 Å². The minimum atomic E-state index is -5.58. The fourth-order valence-corrected chi connectivity index (χ4v) is 0.648. The van der Waals surface area contributed by atoms with Gasteiger partial charge in [-0.1, -0.05) is 23.2 Å².